The monoisotopic (exact) mass is 288 g/mol. The van der Waals surface area contributed by atoms with Gasteiger partial charge in [-0.2, -0.15) is 5.10 Å². The van der Waals surface area contributed by atoms with Crippen molar-refractivity contribution in [2.24, 2.45) is 0 Å². The van der Waals surface area contributed by atoms with Crippen LogP contribution in [0.25, 0.3) is 0 Å². The molecule has 2 rings (SSSR count). The number of aliphatic hydroxyl groups is 1. The minimum absolute atomic E-state index is 0.357. The molecule has 1 unspecified atom stereocenters. The lowest BCUT2D eigenvalue weighted by molar-refractivity contribution is 0.163. The van der Waals surface area contributed by atoms with Gasteiger partial charge in [0.2, 0.25) is 0 Å². The Morgan fingerprint density at radius 1 is 1.19 bits per heavy atom. The van der Waals surface area contributed by atoms with Crippen LogP contribution in [-0.4, -0.2) is 28.1 Å². The van der Waals surface area contributed by atoms with Gasteiger partial charge in [0.05, 0.1) is 18.9 Å². The predicted molar refractivity (Wildman–Crippen MR) is 83.6 cm³/mol. The van der Waals surface area contributed by atoms with Crippen LogP contribution in [0.4, 0.5) is 0 Å². The zero-order valence-electron chi connectivity index (χ0n) is 13.0. The summed E-state index contributed by atoms with van der Waals surface area (Å²) in [6, 6.07) is 10.3. The molecule has 1 atom stereocenters. The van der Waals surface area contributed by atoms with E-state index in [4.69, 9.17) is 4.74 Å². The van der Waals surface area contributed by atoms with E-state index in [9.17, 15) is 5.11 Å². The van der Waals surface area contributed by atoms with Gasteiger partial charge in [0, 0.05) is 18.7 Å². The highest BCUT2D eigenvalue weighted by Crippen LogP contribution is 2.14. The zero-order chi connectivity index (χ0) is 15.2. The molecule has 1 aromatic carbocycles. The molecule has 114 valence electrons. The molecule has 0 fully saturated rings. The molecule has 0 aliphatic heterocycles. The molecule has 1 N–H and O–H groups in total. The van der Waals surface area contributed by atoms with E-state index in [1.54, 1.807) is 7.11 Å². The maximum atomic E-state index is 10.1. The first kappa shape index (κ1) is 15.6. The summed E-state index contributed by atoms with van der Waals surface area (Å²) in [6.07, 6.45) is 3.81. The average molecular weight is 288 g/mol. The van der Waals surface area contributed by atoms with E-state index in [0.717, 1.165) is 24.3 Å². The van der Waals surface area contributed by atoms with E-state index in [-0.39, 0.29) is 6.10 Å². The van der Waals surface area contributed by atoms with Crippen molar-refractivity contribution in [3.05, 3.63) is 47.8 Å². The topological polar surface area (TPSA) is 47.3 Å². The highest BCUT2D eigenvalue weighted by Gasteiger charge is 2.09. The number of aliphatic hydroxyl groups excluding tert-OH is 1. The van der Waals surface area contributed by atoms with Crippen molar-refractivity contribution in [2.75, 3.05) is 7.11 Å². The van der Waals surface area contributed by atoms with Gasteiger partial charge in [-0.15, -0.1) is 0 Å². The Kier molecular flexibility index (Phi) is 5.39. The minimum Gasteiger partial charge on any atom is -0.497 e. The number of rotatable bonds is 7. The first-order valence-corrected chi connectivity index (χ1v) is 7.43. The average Bonchev–Trinajstić information content (AvgIpc) is 2.94. The van der Waals surface area contributed by atoms with Crippen LogP contribution in [0.15, 0.2) is 36.5 Å². The summed E-state index contributed by atoms with van der Waals surface area (Å²) in [5, 5.41) is 14.6. The van der Waals surface area contributed by atoms with Crippen molar-refractivity contribution >= 4 is 0 Å². The number of hydrogen-bond acceptors (Lipinski definition) is 3. The molecule has 1 aromatic heterocycles. The number of aryl methyl sites for hydroxylation is 1. The Hall–Kier alpha value is -1.81. The second-order valence-electron chi connectivity index (χ2n) is 5.63. The van der Waals surface area contributed by atoms with Crippen molar-refractivity contribution in [2.45, 2.75) is 45.3 Å². The number of nitrogens with zero attached hydrogens (tertiary/aromatic N) is 2. The molecular weight excluding hydrogens is 264 g/mol. The van der Waals surface area contributed by atoms with E-state index < -0.39 is 0 Å². The first-order valence-electron chi connectivity index (χ1n) is 7.43. The predicted octanol–water partition coefficient (Wildman–Crippen LogP) is 3.01. The van der Waals surface area contributed by atoms with Crippen LogP contribution in [0, 0.1) is 0 Å². The highest BCUT2D eigenvalue weighted by molar-refractivity contribution is 5.27. The summed E-state index contributed by atoms with van der Waals surface area (Å²) >= 11 is 0. The smallest absolute Gasteiger partial charge is 0.118 e. The lowest BCUT2D eigenvalue weighted by Crippen LogP contribution is -2.12. The number of hydrogen-bond donors (Lipinski definition) is 1. The van der Waals surface area contributed by atoms with Crippen LogP contribution in [0.1, 0.15) is 37.6 Å². The van der Waals surface area contributed by atoms with Gasteiger partial charge < -0.3 is 9.84 Å². The van der Waals surface area contributed by atoms with Crippen LogP contribution < -0.4 is 4.74 Å². The molecule has 0 bridgehead atoms. The lowest BCUT2D eigenvalue weighted by Gasteiger charge is -2.10. The van der Waals surface area contributed by atoms with Gasteiger partial charge in [-0.3, -0.25) is 4.68 Å². The summed E-state index contributed by atoms with van der Waals surface area (Å²) in [7, 11) is 1.66. The van der Waals surface area contributed by atoms with Gasteiger partial charge in [0.25, 0.3) is 0 Å². The third-order valence-electron chi connectivity index (χ3n) is 3.56. The van der Waals surface area contributed by atoms with E-state index in [1.807, 2.05) is 41.2 Å². The molecule has 0 saturated heterocycles. The number of benzene rings is 1. The van der Waals surface area contributed by atoms with Crippen LogP contribution in [0.5, 0.6) is 5.75 Å². The molecule has 0 spiro atoms. The second-order valence-corrected chi connectivity index (χ2v) is 5.63. The van der Waals surface area contributed by atoms with Gasteiger partial charge in [-0.25, -0.2) is 0 Å². The largest absolute Gasteiger partial charge is 0.497 e. The zero-order valence-corrected chi connectivity index (χ0v) is 13.0. The summed E-state index contributed by atoms with van der Waals surface area (Å²) in [4.78, 5) is 0. The molecular formula is C17H24N2O2. The Balaban J connectivity index is 1.81. The Morgan fingerprint density at radius 3 is 2.48 bits per heavy atom. The molecule has 0 aliphatic carbocycles. The summed E-state index contributed by atoms with van der Waals surface area (Å²) < 4.78 is 7.06. The van der Waals surface area contributed by atoms with Gasteiger partial charge >= 0.3 is 0 Å². The van der Waals surface area contributed by atoms with Crippen molar-refractivity contribution < 1.29 is 9.84 Å². The minimum atomic E-state index is -0.359. The first-order chi connectivity index (χ1) is 10.1. The molecule has 0 aliphatic rings. The maximum Gasteiger partial charge on any atom is 0.118 e. The third kappa shape index (κ3) is 4.60. The van der Waals surface area contributed by atoms with Gasteiger partial charge in [-0.05, 0) is 50.5 Å². The normalized spacial score (nSPS) is 12.6. The number of ether oxygens (including phenoxy) is 1. The molecule has 4 nitrogen and oxygen atoms in total. The standard InChI is InChI=1S/C17H24N2O2/c1-13(2)19-11-10-15(18-19)12-16(20)7-4-14-5-8-17(21-3)9-6-14/h5-6,8-11,13,16,20H,4,7,12H2,1-3H3. The fourth-order valence-electron chi connectivity index (χ4n) is 2.24. The SMILES string of the molecule is COc1ccc(CCC(O)Cc2ccn(C(C)C)n2)cc1. The Labute approximate surface area is 126 Å². The number of aromatic nitrogens is 2. The fraction of sp³-hybridized carbons (Fsp3) is 0.471. The maximum absolute atomic E-state index is 10.1. The van der Waals surface area contributed by atoms with Gasteiger partial charge in [-0.1, -0.05) is 12.1 Å². The van der Waals surface area contributed by atoms with Crippen LogP contribution in [0.2, 0.25) is 0 Å². The second kappa shape index (κ2) is 7.27. The Morgan fingerprint density at radius 2 is 1.90 bits per heavy atom. The molecule has 2 aromatic rings. The van der Waals surface area contributed by atoms with E-state index in [1.165, 1.54) is 5.56 Å². The van der Waals surface area contributed by atoms with E-state index >= 15 is 0 Å². The van der Waals surface area contributed by atoms with E-state index in [2.05, 4.69) is 18.9 Å². The molecule has 1 heterocycles. The van der Waals surface area contributed by atoms with Gasteiger partial charge in [0.15, 0.2) is 0 Å². The van der Waals surface area contributed by atoms with Crippen molar-refractivity contribution in [1.82, 2.24) is 9.78 Å². The lowest BCUT2D eigenvalue weighted by atomic mass is 10.0. The molecule has 0 amide bonds. The summed E-state index contributed by atoms with van der Waals surface area (Å²) in [5.41, 5.74) is 2.16. The molecule has 0 radical (unpaired) electrons. The Bertz CT molecular complexity index is 546. The van der Waals surface area contributed by atoms with Gasteiger partial charge in [0.1, 0.15) is 5.75 Å². The van der Waals surface area contributed by atoms with Crippen LogP contribution in [0.3, 0.4) is 0 Å². The fourth-order valence-corrected chi connectivity index (χ4v) is 2.24. The van der Waals surface area contributed by atoms with Crippen molar-refractivity contribution in [1.29, 1.82) is 0 Å². The van der Waals surface area contributed by atoms with Crippen molar-refractivity contribution in [3.8, 4) is 5.75 Å². The highest BCUT2D eigenvalue weighted by atomic mass is 16.5. The quantitative estimate of drug-likeness (QED) is 0.852. The third-order valence-corrected chi connectivity index (χ3v) is 3.56. The summed E-state index contributed by atoms with van der Waals surface area (Å²) in [5.74, 6) is 0.860. The van der Waals surface area contributed by atoms with E-state index in [0.29, 0.717) is 12.5 Å². The van der Waals surface area contributed by atoms with Crippen LogP contribution >= 0.6 is 0 Å². The molecule has 0 saturated carbocycles. The summed E-state index contributed by atoms with van der Waals surface area (Å²) in [6.45, 7) is 4.19. The van der Waals surface area contributed by atoms with Crippen LogP contribution in [-0.2, 0) is 12.8 Å². The van der Waals surface area contributed by atoms with Crippen molar-refractivity contribution in [3.63, 3.8) is 0 Å². The molecule has 21 heavy (non-hydrogen) atoms. The molecule has 4 heteroatoms. The number of methoxy groups -OCH3 is 1.